The lowest BCUT2D eigenvalue weighted by atomic mass is 10.5. The maximum absolute atomic E-state index is 5.48. The molecule has 5 heteroatoms. The average Bonchev–Trinajstić information content (AvgIpc) is 2.27. The van der Waals surface area contributed by atoms with Gasteiger partial charge in [-0.25, -0.2) is 0 Å². The monoisotopic (exact) mass is 233 g/mol. The molecule has 0 aliphatic rings. The van der Waals surface area contributed by atoms with Gasteiger partial charge in [0.05, 0.1) is 13.2 Å². The fraction of sp³-hybridized carbons (Fsp3) is 1.00. The SMILES string of the molecule is CCCOC(OCCC)O[Si]CCCN. The molecule has 4 nitrogen and oxygen atoms in total. The molecular weight excluding hydrogens is 210 g/mol. The normalized spacial score (nSPS) is 11.2. The topological polar surface area (TPSA) is 53.7 Å². The zero-order chi connectivity index (χ0) is 11.4. The van der Waals surface area contributed by atoms with Gasteiger partial charge in [0.1, 0.15) is 0 Å². The zero-order valence-electron chi connectivity index (χ0n) is 9.83. The van der Waals surface area contributed by atoms with Crippen molar-refractivity contribution >= 4 is 9.76 Å². The summed E-state index contributed by atoms with van der Waals surface area (Å²) < 4.78 is 16.3. The molecule has 0 bridgehead atoms. The molecule has 2 N–H and O–H groups in total. The largest absolute Gasteiger partial charge is 0.372 e. The van der Waals surface area contributed by atoms with Crippen molar-refractivity contribution in [1.82, 2.24) is 0 Å². The van der Waals surface area contributed by atoms with E-state index in [1.54, 1.807) is 0 Å². The number of nitrogens with two attached hydrogens (primary N) is 1. The summed E-state index contributed by atoms with van der Waals surface area (Å²) in [5.41, 5.74) is 5.39. The molecule has 0 aromatic heterocycles. The Morgan fingerprint density at radius 2 is 1.73 bits per heavy atom. The van der Waals surface area contributed by atoms with Gasteiger partial charge < -0.3 is 19.6 Å². The van der Waals surface area contributed by atoms with E-state index in [1.807, 2.05) is 0 Å². The molecule has 0 aliphatic heterocycles. The second kappa shape index (κ2) is 12.1. The average molecular weight is 233 g/mol. The van der Waals surface area contributed by atoms with Gasteiger partial charge in [-0.15, -0.1) is 0 Å². The highest BCUT2D eigenvalue weighted by molar-refractivity contribution is 6.27. The van der Waals surface area contributed by atoms with Crippen molar-refractivity contribution in [1.29, 1.82) is 0 Å². The Labute approximate surface area is 95.4 Å². The minimum Gasteiger partial charge on any atom is -0.372 e. The fourth-order valence-electron chi connectivity index (χ4n) is 0.846. The van der Waals surface area contributed by atoms with Crippen molar-refractivity contribution in [2.24, 2.45) is 5.73 Å². The van der Waals surface area contributed by atoms with Gasteiger partial charge in [0, 0.05) is 0 Å². The van der Waals surface area contributed by atoms with Crippen LogP contribution in [-0.4, -0.2) is 36.0 Å². The van der Waals surface area contributed by atoms with E-state index in [0.717, 1.165) is 25.3 Å². The van der Waals surface area contributed by atoms with E-state index >= 15 is 0 Å². The van der Waals surface area contributed by atoms with E-state index in [0.29, 0.717) is 29.5 Å². The molecule has 15 heavy (non-hydrogen) atoms. The minimum atomic E-state index is -0.485. The summed E-state index contributed by atoms with van der Waals surface area (Å²) in [5.74, 6) is 0. The summed E-state index contributed by atoms with van der Waals surface area (Å²) in [6.45, 7) is 5.71. The van der Waals surface area contributed by atoms with E-state index < -0.39 is 6.48 Å². The van der Waals surface area contributed by atoms with Gasteiger partial charge >= 0.3 is 0 Å². The molecule has 0 saturated carbocycles. The zero-order valence-corrected chi connectivity index (χ0v) is 10.8. The van der Waals surface area contributed by atoms with Crippen LogP contribution in [0.2, 0.25) is 6.04 Å². The predicted octanol–water partition coefficient (Wildman–Crippen LogP) is 1.53. The number of hydrogen-bond donors (Lipinski definition) is 1. The van der Waals surface area contributed by atoms with Gasteiger partial charge in [-0.1, -0.05) is 13.8 Å². The van der Waals surface area contributed by atoms with E-state index in [4.69, 9.17) is 19.6 Å². The van der Waals surface area contributed by atoms with Crippen LogP contribution in [0.3, 0.4) is 0 Å². The summed E-state index contributed by atoms with van der Waals surface area (Å²) in [6.07, 6.45) is 2.94. The summed E-state index contributed by atoms with van der Waals surface area (Å²) in [5, 5.41) is 0. The Balaban J connectivity index is 3.49. The van der Waals surface area contributed by atoms with E-state index in [1.165, 1.54) is 0 Å². The highest BCUT2D eigenvalue weighted by Gasteiger charge is 2.08. The molecule has 0 spiro atoms. The third-order valence-electron chi connectivity index (χ3n) is 1.58. The van der Waals surface area contributed by atoms with Gasteiger partial charge in [0.25, 0.3) is 6.48 Å². The summed E-state index contributed by atoms with van der Waals surface area (Å²) >= 11 is 0. The standard InChI is InChI=1S/C10H23NO3Si/c1-3-7-12-10(13-8-4-2)14-15-9-5-6-11/h10H,3-9,11H2,1-2H3. The Morgan fingerprint density at radius 1 is 1.13 bits per heavy atom. The Hall–Kier alpha value is 0.0569. The van der Waals surface area contributed by atoms with Gasteiger partial charge in [-0.3, -0.25) is 0 Å². The van der Waals surface area contributed by atoms with Gasteiger partial charge in [-0.05, 0) is 31.9 Å². The van der Waals surface area contributed by atoms with Crippen LogP contribution in [0, 0.1) is 0 Å². The lowest BCUT2D eigenvalue weighted by molar-refractivity contribution is -0.247. The highest BCUT2D eigenvalue weighted by atomic mass is 28.2. The first-order valence-corrected chi connectivity index (χ1v) is 6.78. The first-order chi connectivity index (χ1) is 7.35. The second-order valence-electron chi connectivity index (χ2n) is 3.18. The maximum Gasteiger partial charge on any atom is 0.261 e. The molecule has 0 unspecified atom stereocenters. The molecule has 0 atom stereocenters. The third-order valence-corrected chi connectivity index (χ3v) is 2.50. The fourth-order valence-corrected chi connectivity index (χ4v) is 1.58. The number of ether oxygens (including phenoxy) is 2. The molecule has 0 rings (SSSR count). The molecule has 0 fully saturated rings. The van der Waals surface area contributed by atoms with Crippen LogP contribution in [0.5, 0.6) is 0 Å². The van der Waals surface area contributed by atoms with Crippen molar-refractivity contribution in [3.63, 3.8) is 0 Å². The Morgan fingerprint density at radius 3 is 2.20 bits per heavy atom. The molecule has 0 heterocycles. The maximum atomic E-state index is 5.48. The van der Waals surface area contributed by atoms with Gasteiger partial charge in [-0.2, -0.15) is 0 Å². The first-order valence-electron chi connectivity index (χ1n) is 5.66. The first kappa shape index (κ1) is 15.1. The van der Waals surface area contributed by atoms with Crippen LogP contribution in [-0.2, 0) is 13.9 Å². The summed E-state index contributed by atoms with van der Waals surface area (Å²) in [6, 6.07) is 0.984. The minimum absolute atomic E-state index is 0.412. The highest BCUT2D eigenvalue weighted by Crippen LogP contribution is 2.01. The summed E-state index contributed by atoms with van der Waals surface area (Å²) in [7, 11) is 0.412. The van der Waals surface area contributed by atoms with Crippen LogP contribution in [0.4, 0.5) is 0 Å². The predicted molar refractivity (Wildman–Crippen MR) is 61.6 cm³/mol. The van der Waals surface area contributed by atoms with Crippen LogP contribution >= 0.6 is 0 Å². The summed E-state index contributed by atoms with van der Waals surface area (Å²) in [4.78, 5) is 0. The van der Waals surface area contributed by atoms with E-state index in [2.05, 4.69) is 13.8 Å². The quantitative estimate of drug-likeness (QED) is 0.334. The van der Waals surface area contributed by atoms with Crippen molar-refractivity contribution in [2.45, 2.75) is 45.6 Å². The van der Waals surface area contributed by atoms with Crippen LogP contribution in [0.25, 0.3) is 0 Å². The van der Waals surface area contributed by atoms with E-state index in [-0.39, 0.29) is 0 Å². The molecular formula is C10H23NO3Si. The third kappa shape index (κ3) is 10.3. The second-order valence-corrected chi connectivity index (χ2v) is 4.21. The Kier molecular flexibility index (Phi) is 12.2. The van der Waals surface area contributed by atoms with Crippen LogP contribution in [0.15, 0.2) is 0 Å². The lowest BCUT2D eigenvalue weighted by Crippen LogP contribution is -2.24. The van der Waals surface area contributed by atoms with Crippen molar-refractivity contribution in [3.05, 3.63) is 0 Å². The smallest absolute Gasteiger partial charge is 0.261 e. The molecule has 2 radical (unpaired) electrons. The molecule has 0 saturated heterocycles. The van der Waals surface area contributed by atoms with Crippen molar-refractivity contribution in [3.8, 4) is 0 Å². The van der Waals surface area contributed by atoms with Crippen molar-refractivity contribution in [2.75, 3.05) is 19.8 Å². The van der Waals surface area contributed by atoms with Crippen molar-refractivity contribution < 1.29 is 13.9 Å². The van der Waals surface area contributed by atoms with Crippen LogP contribution in [0.1, 0.15) is 33.1 Å². The molecule has 0 amide bonds. The van der Waals surface area contributed by atoms with Gasteiger partial charge in [0.2, 0.25) is 9.76 Å². The van der Waals surface area contributed by atoms with Gasteiger partial charge in [0.15, 0.2) is 0 Å². The molecule has 0 aromatic rings. The lowest BCUT2D eigenvalue weighted by Gasteiger charge is -2.17. The van der Waals surface area contributed by atoms with Crippen LogP contribution < -0.4 is 5.73 Å². The molecule has 0 aliphatic carbocycles. The Bertz CT molecular complexity index is 119. The molecule has 90 valence electrons. The number of hydrogen-bond acceptors (Lipinski definition) is 4. The number of rotatable bonds is 11. The van der Waals surface area contributed by atoms with E-state index in [9.17, 15) is 0 Å². The molecule has 0 aromatic carbocycles.